The number of anilines is 1. The van der Waals surface area contributed by atoms with Crippen molar-refractivity contribution in [3.63, 3.8) is 0 Å². The molecule has 3 aromatic carbocycles. The highest BCUT2D eigenvalue weighted by molar-refractivity contribution is 6.37. The number of nitrogens with one attached hydrogen (secondary N) is 2. The zero-order valence-corrected chi connectivity index (χ0v) is 18.0. The van der Waals surface area contributed by atoms with Gasteiger partial charge in [0.1, 0.15) is 0 Å². The third-order valence-electron chi connectivity index (χ3n) is 4.15. The van der Waals surface area contributed by atoms with E-state index in [0.29, 0.717) is 32.6 Å². The van der Waals surface area contributed by atoms with Gasteiger partial charge in [-0.25, -0.2) is 5.43 Å². The normalized spacial score (nSPS) is 11.1. The summed E-state index contributed by atoms with van der Waals surface area (Å²) in [5.74, 6) is -0.715. The third-order valence-corrected chi connectivity index (χ3v) is 4.95. The first-order chi connectivity index (χ1) is 14.3. The molecule has 8 heteroatoms. The quantitative estimate of drug-likeness (QED) is 0.359. The number of carbonyl (C=O) groups is 2. The van der Waals surface area contributed by atoms with Crippen molar-refractivity contribution in [2.24, 2.45) is 5.10 Å². The molecule has 0 aromatic heterocycles. The number of amides is 2. The number of halogens is 3. The van der Waals surface area contributed by atoms with Crippen LogP contribution < -0.4 is 10.7 Å². The molecule has 0 fully saturated rings. The Bertz CT molecular complexity index is 1130. The monoisotopic (exact) mass is 459 g/mol. The highest BCUT2D eigenvalue weighted by atomic mass is 35.5. The smallest absolute Gasteiger partial charge is 0.271 e. The largest absolute Gasteiger partial charge is 0.322 e. The first-order valence-electron chi connectivity index (χ1n) is 8.80. The second-order valence-corrected chi connectivity index (χ2v) is 7.58. The molecule has 0 spiro atoms. The van der Waals surface area contributed by atoms with E-state index in [1.165, 1.54) is 6.07 Å². The maximum atomic E-state index is 12.5. The van der Waals surface area contributed by atoms with Gasteiger partial charge < -0.3 is 5.32 Å². The van der Waals surface area contributed by atoms with Crippen molar-refractivity contribution in [2.45, 2.75) is 6.92 Å². The summed E-state index contributed by atoms with van der Waals surface area (Å²) in [4.78, 5) is 24.7. The molecule has 0 aliphatic heterocycles. The molecule has 3 rings (SSSR count). The lowest BCUT2D eigenvalue weighted by atomic mass is 10.1. The van der Waals surface area contributed by atoms with Gasteiger partial charge in [0.2, 0.25) is 0 Å². The molecular weight excluding hydrogens is 445 g/mol. The van der Waals surface area contributed by atoms with Crippen LogP contribution in [0.4, 0.5) is 5.69 Å². The van der Waals surface area contributed by atoms with Crippen molar-refractivity contribution in [3.05, 3.63) is 98.5 Å². The number of hydrazone groups is 1. The van der Waals surface area contributed by atoms with Crippen LogP contribution in [0.5, 0.6) is 0 Å². The minimum Gasteiger partial charge on any atom is -0.322 e. The van der Waals surface area contributed by atoms with E-state index < -0.39 is 0 Å². The average molecular weight is 461 g/mol. The molecule has 0 radical (unpaired) electrons. The molecule has 2 amide bonds. The maximum Gasteiger partial charge on any atom is 0.271 e. The lowest BCUT2D eigenvalue weighted by molar-refractivity contribution is 0.0954. The van der Waals surface area contributed by atoms with Crippen LogP contribution in [0, 0.1) is 0 Å². The molecule has 5 nitrogen and oxygen atoms in total. The van der Waals surface area contributed by atoms with Crippen molar-refractivity contribution in [1.29, 1.82) is 0 Å². The summed E-state index contributed by atoms with van der Waals surface area (Å²) in [6.07, 6.45) is 0. The Hall–Kier alpha value is -2.86. The van der Waals surface area contributed by atoms with Gasteiger partial charge in [0.05, 0.1) is 16.3 Å². The third kappa shape index (κ3) is 5.60. The molecule has 0 aliphatic rings. The van der Waals surface area contributed by atoms with Gasteiger partial charge in [0.25, 0.3) is 11.8 Å². The van der Waals surface area contributed by atoms with Crippen LogP contribution >= 0.6 is 34.8 Å². The van der Waals surface area contributed by atoms with Gasteiger partial charge in [-0.05, 0) is 67.1 Å². The van der Waals surface area contributed by atoms with Crippen molar-refractivity contribution < 1.29 is 9.59 Å². The summed E-state index contributed by atoms with van der Waals surface area (Å²) in [6.45, 7) is 1.75. The standard InChI is InChI=1S/C22H16Cl3N3O2/c1-13(27-28-21(29)14-5-7-16(23)8-6-14)15-3-2-4-18(11-15)26-22(30)19-10-9-17(24)12-20(19)25/h2-12H,1H3,(H,26,30)(H,28,29)/b27-13-. The fourth-order valence-electron chi connectivity index (χ4n) is 2.56. The molecule has 0 saturated heterocycles. The van der Waals surface area contributed by atoms with Crippen LogP contribution in [0.25, 0.3) is 0 Å². The number of carbonyl (C=O) groups excluding carboxylic acids is 2. The Kier molecular flexibility index (Phi) is 7.11. The number of hydrogen-bond acceptors (Lipinski definition) is 3. The van der Waals surface area contributed by atoms with Gasteiger partial charge in [-0.15, -0.1) is 0 Å². The van der Waals surface area contributed by atoms with E-state index in [9.17, 15) is 9.59 Å². The summed E-state index contributed by atoms with van der Waals surface area (Å²) >= 11 is 17.8. The maximum absolute atomic E-state index is 12.5. The first-order valence-corrected chi connectivity index (χ1v) is 9.94. The average Bonchev–Trinajstić information content (AvgIpc) is 2.72. The van der Waals surface area contributed by atoms with E-state index in [1.807, 2.05) is 6.07 Å². The topological polar surface area (TPSA) is 70.6 Å². The van der Waals surface area contributed by atoms with Crippen molar-refractivity contribution in [3.8, 4) is 0 Å². The molecule has 152 valence electrons. The van der Waals surface area contributed by atoms with E-state index >= 15 is 0 Å². The minimum absolute atomic E-state index is 0.263. The van der Waals surface area contributed by atoms with Crippen LogP contribution in [0.15, 0.2) is 71.8 Å². The second kappa shape index (κ2) is 9.76. The molecule has 0 atom stereocenters. The molecular formula is C22H16Cl3N3O2. The predicted octanol–water partition coefficient (Wildman–Crippen LogP) is 6.05. The van der Waals surface area contributed by atoms with Gasteiger partial charge in [-0.2, -0.15) is 5.10 Å². The summed E-state index contributed by atoms with van der Waals surface area (Å²) in [6, 6.07) is 18.2. The summed E-state index contributed by atoms with van der Waals surface area (Å²) in [7, 11) is 0. The van der Waals surface area contributed by atoms with Crippen molar-refractivity contribution in [2.75, 3.05) is 5.32 Å². The fraction of sp³-hybridized carbons (Fsp3) is 0.0455. The van der Waals surface area contributed by atoms with Crippen LogP contribution in [0.1, 0.15) is 33.2 Å². The van der Waals surface area contributed by atoms with E-state index in [1.54, 1.807) is 61.5 Å². The van der Waals surface area contributed by atoms with E-state index in [0.717, 1.165) is 5.56 Å². The lowest BCUT2D eigenvalue weighted by Gasteiger charge is -2.09. The molecule has 3 aromatic rings. The minimum atomic E-state index is -0.362. The predicted molar refractivity (Wildman–Crippen MR) is 122 cm³/mol. The number of hydrogen-bond donors (Lipinski definition) is 2. The Morgan fingerprint density at radius 1 is 0.800 bits per heavy atom. The van der Waals surface area contributed by atoms with Crippen LogP contribution in [-0.2, 0) is 0 Å². The van der Waals surface area contributed by atoms with Crippen molar-refractivity contribution in [1.82, 2.24) is 5.43 Å². The molecule has 0 heterocycles. The fourth-order valence-corrected chi connectivity index (χ4v) is 3.18. The summed E-state index contributed by atoms with van der Waals surface area (Å²) in [5.41, 5.74) is 5.11. The molecule has 0 bridgehead atoms. The van der Waals surface area contributed by atoms with Crippen molar-refractivity contribution >= 4 is 58.0 Å². The highest BCUT2D eigenvalue weighted by Gasteiger charge is 2.12. The van der Waals surface area contributed by atoms with Gasteiger partial charge >= 0.3 is 0 Å². The Morgan fingerprint density at radius 2 is 1.50 bits per heavy atom. The number of benzene rings is 3. The van der Waals surface area contributed by atoms with E-state index in [4.69, 9.17) is 34.8 Å². The Morgan fingerprint density at radius 3 is 2.20 bits per heavy atom. The van der Waals surface area contributed by atoms with E-state index in [2.05, 4.69) is 15.8 Å². The molecule has 0 unspecified atom stereocenters. The highest BCUT2D eigenvalue weighted by Crippen LogP contribution is 2.22. The zero-order chi connectivity index (χ0) is 21.7. The van der Waals surface area contributed by atoms with Gasteiger partial charge in [0, 0.05) is 21.3 Å². The van der Waals surface area contributed by atoms with Crippen LogP contribution in [0.2, 0.25) is 15.1 Å². The van der Waals surface area contributed by atoms with Gasteiger partial charge in [0.15, 0.2) is 0 Å². The Labute approximate surface area is 188 Å². The molecule has 30 heavy (non-hydrogen) atoms. The summed E-state index contributed by atoms with van der Waals surface area (Å²) in [5, 5.41) is 8.18. The second-order valence-electron chi connectivity index (χ2n) is 6.30. The van der Waals surface area contributed by atoms with E-state index in [-0.39, 0.29) is 16.8 Å². The van der Waals surface area contributed by atoms with Gasteiger partial charge in [-0.3, -0.25) is 9.59 Å². The SMILES string of the molecule is C/C(=N/NC(=O)c1ccc(Cl)cc1)c1cccc(NC(=O)c2ccc(Cl)cc2Cl)c1. The van der Waals surface area contributed by atoms with Crippen LogP contribution in [0.3, 0.4) is 0 Å². The van der Waals surface area contributed by atoms with Gasteiger partial charge in [-0.1, -0.05) is 46.9 Å². The molecule has 2 N–H and O–H groups in total. The lowest BCUT2D eigenvalue weighted by Crippen LogP contribution is -2.19. The van der Waals surface area contributed by atoms with Crippen LogP contribution in [-0.4, -0.2) is 17.5 Å². The number of rotatable bonds is 5. The molecule has 0 aliphatic carbocycles. The molecule has 0 saturated carbocycles. The summed E-state index contributed by atoms with van der Waals surface area (Å²) < 4.78 is 0. The zero-order valence-electron chi connectivity index (χ0n) is 15.7. The first kappa shape index (κ1) is 21.8. The number of nitrogens with zero attached hydrogens (tertiary/aromatic N) is 1. The Balaban J connectivity index is 1.70.